The van der Waals surface area contributed by atoms with Crippen molar-refractivity contribution in [1.29, 1.82) is 0 Å². The number of rotatable bonds is 6. The molecule has 0 saturated carbocycles. The summed E-state index contributed by atoms with van der Waals surface area (Å²) in [5.41, 5.74) is 1.25. The summed E-state index contributed by atoms with van der Waals surface area (Å²) in [4.78, 5) is 10.8. The Morgan fingerprint density at radius 1 is 1.32 bits per heavy atom. The van der Waals surface area contributed by atoms with Crippen molar-refractivity contribution in [3.63, 3.8) is 0 Å². The van der Waals surface area contributed by atoms with E-state index in [-0.39, 0.29) is 24.7 Å². The predicted octanol–water partition coefficient (Wildman–Crippen LogP) is 2.24. The van der Waals surface area contributed by atoms with E-state index in [2.05, 4.69) is 0 Å². The zero-order valence-corrected chi connectivity index (χ0v) is 10.2. The average Bonchev–Trinajstić information content (AvgIpc) is 2.37. The summed E-state index contributed by atoms with van der Waals surface area (Å²) >= 11 is 0. The number of benzene rings is 1. The molecule has 7 heteroatoms. The van der Waals surface area contributed by atoms with Crippen LogP contribution in [0, 0.1) is 0 Å². The number of nitrogens with one attached hydrogen (secondary N) is 1. The van der Waals surface area contributed by atoms with Crippen LogP contribution in [0.5, 0.6) is 5.75 Å². The van der Waals surface area contributed by atoms with Gasteiger partial charge in [0.25, 0.3) is 0 Å². The molecule has 0 fully saturated rings. The van der Waals surface area contributed by atoms with Crippen molar-refractivity contribution in [3.8, 4) is 5.75 Å². The van der Waals surface area contributed by atoms with Gasteiger partial charge in [0, 0.05) is 6.42 Å². The Morgan fingerprint density at radius 2 is 2.05 bits per heavy atom. The van der Waals surface area contributed by atoms with E-state index in [1.165, 1.54) is 12.1 Å². The van der Waals surface area contributed by atoms with Gasteiger partial charge in [0.15, 0.2) is 0 Å². The summed E-state index contributed by atoms with van der Waals surface area (Å²) in [6.45, 7) is 0.249. The van der Waals surface area contributed by atoms with Crippen LogP contribution in [0.2, 0.25) is 0 Å². The SMILES string of the molecule is NNC(=O)CCCCOc1cccc(C(F)(F)F)c1. The molecule has 0 spiro atoms. The first-order chi connectivity index (χ1) is 8.93. The molecule has 106 valence electrons. The maximum Gasteiger partial charge on any atom is 0.416 e. The van der Waals surface area contributed by atoms with Crippen molar-refractivity contribution in [3.05, 3.63) is 29.8 Å². The van der Waals surface area contributed by atoms with Gasteiger partial charge in [-0.15, -0.1) is 0 Å². The standard InChI is InChI=1S/C12H15F3N2O2/c13-12(14,15)9-4-3-5-10(8-9)19-7-2-1-6-11(18)17-16/h3-5,8H,1-2,6-7,16H2,(H,17,18). The number of carbonyl (C=O) groups excluding carboxylic acids is 1. The fourth-order valence-electron chi connectivity index (χ4n) is 1.41. The third-order valence-electron chi connectivity index (χ3n) is 2.39. The Balaban J connectivity index is 2.36. The van der Waals surface area contributed by atoms with Crippen LogP contribution >= 0.6 is 0 Å². The van der Waals surface area contributed by atoms with E-state index < -0.39 is 11.7 Å². The van der Waals surface area contributed by atoms with E-state index in [4.69, 9.17) is 10.6 Å². The molecule has 1 aromatic rings. The number of carbonyl (C=O) groups is 1. The maximum atomic E-state index is 12.4. The Morgan fingerprint density at radius 3 is 2.68 bits per heavy atom. The number of unbranched alkanes of at least 4 members (excludes halogenated alkanes) is 1. The van der Waals surface area contributed by atoms with Crippen molar-refractivity contribution >= 4 is 5.91 Å². The van der Waals surface area contributed by atoms with Gasteiger partial charge in [0.2, 0.25) is 5.91 Å². The summed E-state index contributed by atoms with van der Waals surface area (Å²) in [5.74, 6) is 4.78. The molecule has 0 radical (unpaired) electrons. The molecular formula is C12H15F3N2O2. The van der Waals surface area contributed by atoms with Gasteiger partial charge in [0.1, 0.15) is 5.75 Å². The van der Waals surface area contributed by atoms with Gasteiger partial charge in [-0.1, -0.05) is 6.07 Å². The molecule has 0 unspecified atom stereocenters. The van der Waals surface area contributed by atoms with E-state index in [0.717, 1.165) is 12.1 Å². The average molecular weight is 276 g/mol. The quantitative estimate of drug-likeness (QED) is 0.362. The lowest BCUT2D eigenvalue weighted by molar-refractivity contribution is -0.137. The van der Waals surface area contributed by atoms with Crippen molar-refractivity contribution in [2.75, 3.05) is 6.61 Å². The lowest BCUT2D eigenvalue weighted by Crippen LogP contribution is -2.29. The zero-order valence-electron chi connectivity index (χ0n) is 10.2. The van der Waals surface area contributed by atoms with E-state index in [1.807, 2.05) is 5.43 Å². The largest absolute Gasteiger partial charge is 0.494 e. The third kappa shape index (κ3) is 5.60. The second-order valence-electron chi connectivity index (χ2n) is 3.90. The van der Waals surface area contributed by atoms with Gasteiger partial charge in [-0.3, -0.25) is 10.2 Å². The summed E-state index contributed by atoms with van der Waals surface area (Å²) < 4.78 is 42.5. The monoisotopic (exact) mass is 276 g/mol. The first kappa shape index (κ1) is 15.3. The predicted molar refractivity (Wildman–Crippen MR) is 63.1 cm³/mol. The minimum Gasteiger partial charge on any atom is -0.494 e. The Kier molecular flexibility index (Phi) is 5.62. The fourth-order valence-corrected chi connectivity index (χ4v) is 1.41. The zero-order chi connectivity index (χ0) is 14.3. The van der Waals surface area contributed by atoms with E-state index in [0.29, 0.717) is 12.8 Å². The van der Waals surface area contributed by atoms with Crippen LogP contribution in [0.1, 0.15) is 24.8 Å². The molecule has 1 aromatic carbocycles. The minimum atomic E-state index is -4.38. The Bertz CT molecular complexity index is 422. The number of amides is 1. The molecule has 1 rings (SSSR count). The van der Waals surface area contributed by atoms with Gasteiger partial charge in [-0.2, -0.15) is 13.2 Å². The minimum absolute atomic E-state index is 0.165. The molecule has 0 aliphatic heterocycles. The van der Waals surface area contributed by atoms with Gasteiger partial charge in [0.05, 0.1) is 12.2 Å². The first-order valence-corrected chi connectivity index (χ1v) is 5.73. The van der Waals surface area contributed by atoms with Gasteiger partial charge >= 0.3 is 6.18 Å². The highest BCUT2D eigenvalue weighted by atomic mass is 19.4. The third-order valence-corrected chi connectivity index (χ3v) is 2.39. The summed E-state index contributed by atoms with van der Waals surface area (Å²) in [7, 11) is 0. The highest BCUT2D eigenvalue weighted by Gasteiger charge is 2.30. The van der Waals surface area contributed by atoms with Crippen molar-refractivity contribution in [2.45, 2.75) is 25.4 Å². The number of nitrogens with two attached hydrogens (primary N) is 1. The van der Waals surface area contributed by atoms with Crippen molar-refractivity contribution < 1.29 is 22.7 Å². The number of hydrogen-bond acceptors (Lipinski definition) is 3. The molecule has 0 bridgehead atoms. The lowest BCUT2D eigenvalue weighted by Gasteiger charge is -2.10. The van der Waals surface area contributed by atoms with Gasteiger partial charge in [-0.05, 0) is 31.0 Å². The van der Waals surface area contributed by atoms with E-state index >= 15 is 0 Å². The van der Waals surface area contributed by atoms with Crippen molar-refractivity contribution in [2.24, 2.45) is 5.84 Å². The summed E-state index contributed by atoms with van der Waals surface area (Å²) in [6, 6.07) is 4.69. The van der Waals surface area contributed by atoms with Crippen LogP contribution in [0.4, 0.5) is 13.2 Å². The fraction of sp³-hybridized carbons (Fsp3) is 0.417. The molecular weight excluding hydrogens is 261 g/mol. The molecule has 0 aromatic heterocycles. The Hall–Kier alpha value is -1.76. The molecule has 4 nitrogen and oxygen atoms in total. The highest BCUT2D eigenvalue weighted by Crippen LogP contribution is 2.31. The van der Waals surface area contributed by atoms with Crippen molar-refractivity contribution in [1.82, 2.24) is 5.43 Å². The summed E-state index contributed by atoms with van der Waals surface area (Å²) in [6.07, 6.45) is -2.99. The van der Waals surface area contributed by atoms with Gasteiger partial charge in [-0.25, -0.2) is 5.84 Å². The Labute approximate surface area is 108 Å². The van der Waals surface area contributed by atoms with Crippen LogP contribution in [0.25, 0.3) is 0 Å². The maximum absolute atomic E-state index is 12.4. The highest BCUT2D eigenvalue weighted by molar-refractivity contribution is 5.75. The number of alkyl halides is 3. The van der Waals surface area contributed by atoms with E-state index in [9.17, 15) is 18.0 Å². The first-order valence-electron chi connectivity index (χ1n) is 5.73. The molecule has 3 N–H and O–H groups in total. The number of hydrazine groups is 1. The van der Waals surface area contributed by atoms with Gasteiger partial charge < -0.3 is 4.74 Å². The molecule has 0 heterocycles. The normalized spacial score (nSPS) is 11.2. The molecule has 0 aliphatic rings. The van der Waals surface area contributed by atoms with Crippen LogP contribution in [0.3, 0.4) is 0 Å². The van der Waals surface area contributed by atoms with Crippen LogP contribution in [-0.2, 0) is 11.0 Å². The number of ether oxygens (including phenoxy) is 1. The molecule has 0 saturated heterocycles. The molecule has 0 aliphatic carbocycles. The molecule has 1 amide bonds. The van der Waals surface area contributed by atoms with Crippen LogP contribution in [-0.4, -0.2) is 12.5 Å². The van der Waals surface area contributed by atoms with E-state index in [1.54, 1.807) is 0 Å². The molecule has 0 atom stereocenters. The molecule has 19 heavy (non-hydrogen) atoms. The lowest BCUT2D eigenvalue weighted by atomic mass is 10.2. The summed E-state index contributed by atoms with van der Waals surface area (Å²) in [5, 5.41) is 0. The smallest absolute Gasteiger partial charge is 0.416 e. The topological polar surface area (TPSA) is 64.3 Å². The number of hydrogen-bond donors (Lipinski definition) is 2. The van der Waals surface area contributed by atoms with Crippen LogP contribution < -0.4 is 16.0 Å². The number of halogens is 3. The second kappa shape index (κ2) is 6.98. The second-order valence-corrected chi connectivity index (χ2v) is 3.90. The van der Waals surface area contributed by atoms with Crippen LogP contribution in [0.15, 0.2) is 24.3 Å².